The van der Waals surface area contributed by atoms with Crippen LogP contribution in [0, 0.1) is 0 Å². The number of amides is 1. The molecule has 0 unspecified atom stereocenters. The zero-order valence-electron chi connectivity index (χ0n) is 12.2. The van der Waals surface area contributed by atoms with Crippen LogP contribution in [0.4, 0.5) is 5.13 Å². The van der Waals surface area contributed by atoms with Gasteiger partial charge in [-0.05, 0) is 26.8 Å². The molecule has 118 valence electrons. The van der Waals surface area contributed by atoms with Crippen molar-refractivity contribution in [1.29, 1.82) is 0 Å². The number of nitrogens with zero attached hydrogens (tertiary/aromatic N) is 3. The van der Waals surface area contributed by atoms with Gasteiger partial charge >= 0.3 is 0 Å². The summed E-state index contributed by atoms with van der Waals surface area (Å²) >= 11 is 0.868. The molecule has 0 bridgehead atoms. The highest BCUT2D eigenvalue weighted by Crippen LogP contribution is 2.28. The van der Waals surface area contributed by atoms with Gasteiger partial charge in [-0.1, -0.05) is 11.3 Å². The molecule has 1 saturated heterocycles. The summed E-state index contributed by atoms with van der Waals surface area (Å²) in [6.07, 6.45) is 1.47. The summed E-state index contributed by atoms with van der Waals surface area (Å²) in [5.41, 5.74) is -0.0332. The first-order chi connectivity index (χ1) is 9.77. The van der Waals surface area contributed by atoms with Crippen molar-refractivity contribution in [3.63, 3.8) is 0 Å². The fourth-order valence-electron chi connectivity index (χ4n) is 2.10. The summed E-state index contributed by atoms with van der Waals surface area (Å²) in [7, 11) is -1.75. The molecule has 1 fully saturated rings. The Morgan fingerprint density at radius 3 is 2.48 bits per heavy atom. The van der Waals surface area contributed by atoms with E-state index >= 15 is 0 Å². The number of carbonyl (C=O) groups excluding carboxylic acids is 1. The Morgan fingerprint density at radius 1 is 1.33 bits per heavy atom. The van der Waals surface area contributed by atoms with Gasteiger partial charge in [-0.25, -0.2) is 8.42 Å². The highest BCUT2D eigenvalue weighted by atomic mass is 32.2. The van der Waals surface area contributed by atoms with Crippen molar-refractivity contribution in [3.8, 4) is 0 Å². The molecule has 1 aliphatic rings. The first-order valence-corrected chi connectivity index (χ1v) is 8.83. The Balaban J connectivity index is 2.12. The predicted molar refractivity (Wildman–Crippen MR) is 79.7 cm³/mol. The zero-order chi connectivity index (χ0) is 15.7. The minimum absolute atomic E-state index is 0.0332. The second-order valence-corrected chi connectivity index (χ2v) is 8.36. The highest BCUT2D eigenvalue weighted by molar-refractivity contribution is 7.91. The quantitative estimate of drug-likeness (QED) is 0.766. The molecule has 2 heterocycles. The number of hydrogen-bond acceptors (Lipinski definition) is 7. The lowest BCUT2D eigenvalue weighted by Crippen LogP contribution is -2.51. The number of piperidine rings is 1. The lowest BCUT2D eigenvalue weighted by atomic mass is 9.91. The topological polar surface area (TPSA) is 104 Å². The first kappa shape index (κ1) is 16.3. The molecule has 2 rings (SSSR count). The van der Waals surface area contributed by atoms with Crippen molar-refractivity contribution in [2.75, 3.05) is 25.5 Å². The summed E-state index contributed by atoms with van der Waals surface area (Å²) in [5.74, 6) is -0.308. The number of carbonyl (C=O) groups is 1. The fraction of sp³-hybridized carbons (Fsp3) is 0.727. The Labute approximate surface area is 128 Å². The van der Waals surface area contributed by atoms with E-state index in [1.165, 1.54) is 11.2 Å². The second-order valence-electron chi connectivity index (χ2n) is 5.27. The number of anilines is 1. The van der Waals surface area contributed by atoms with Crippen LogP contribution in [0.15, 0.2) is 4.34 Å². The van der Waals surface area contributed by atoms with Crippen molar-refractivity contribution in [1.82, 2.24) is 19.8 Å². The minimum atomic E-state index is -3.64. The van der Waals surface area contributed by atoms with E-state index in [9.17, 15) is 13.2 Å². The SMILES string of the molecule is CNC1(C)CCN(S(=O)(=O)c2nnc(NC(C)=O)s2)CC1. The fourth-order valence-corrected chi connectivity index (χ4v) is 4.62. The van der Waals surface area contributed by atoms with Gasteiger partial charge in [-0.2, -0.15) is 4.31 Å². The molecule has 1 aliphatic heterocycles. The number of nitrogens with one attached hydrogen (secondary N) is 2. The van der Waals surface area contributed by atoms with E-state index in [4.69, 9.17) is 0 Å². The lowest BCUT2D eigenvalue weighted by molar-refractivity contribution is -0.114. The Hall–Kier alpha value is -1.10. The van der Waals surface area contributed by atoms with E-state index in [0.29, 0.717) is 13.1 Å². The molecule has 0 saturated carbocycles. The maximum absolute atomic E-state index is 12.5. The van der Waals surface area contributed by atoms with Crippen LogP contribution in [-0.2, 0) is 14.8 Å². The van der Waals surface area contributed by atoms with Crippen LogP contribution in [0.1, 0.15) is 26.7 Å². The molecule has 21 heavy (non-hydrogen) atoms. The molecular weight excluding hydrogens is 314 g/mol. The first-order valence-electron chi connectivity index (χ1n) is 6.57. The molecule has 0 radical (unpaired) electrons. The van der Waals surface area contributed by atoms with Crippen LogP contribution in [-0.4, -0.2) is 54.5 Å². The maximum Gasteiger partial charge on any atom is 0.272 e. The van der Waals surface area contributed by atoms with Crippen LogP contribution in [0.2, 0.25) is 0 Å². The zero-order valence-corrected chi connectivity index (χ0v) is 13.8. The van der Waals surface area contributed by atoms with Crippen LogP contribution in [0.5, 0.6) is 0 Å². The third-order valence-corrected chi connectivity index (χ3v) is 6.76. The number of rotatable bonds is 4. The third-order valence-electron chi connectivity index (χ3n) is 3.68. The lowest BCUT2D eigenvalue weighted by Gasteiger charge is -2.38. The van der Waals surface area contributed by atoms with Gasteiger partial charge < -0.3 is 10.6 Å². The van der Waals surface area contributed by atoms with Gasteiger partial charge in [0.15, 0.2) is 0 Å². The number of hydrogen-bond donors (Lipinski definition) is 2. The molecule has 1 amide bonds. The molecule has 2 N–H and O–H groups in total. The second kappa shape index (κ2) is 5.95. The molecule has 8 nitrogen and oxygen atoms in total. The summed E-state index contributed by atoms with van der Waals surface area (Å²) in [4.78, 5) is 10.9. The van der Waals surface area contributed by atoms with Crippen LogP contribution in [0.3, 0.4) is 0 Å². The van der Waals surface area contributed by atoms with Gasteiger partial charge in [0.1, 0.15) is 0 Å². The summed E-state index contributed by atoms with van der Waals surface area (Å²) < 4.78 is 26.3. The summed E-state index contributed by atoms with van der Waals surface area (Å²) in [6.45, 7) is 4.29. The highest BCUT2D eigenvalue weighted by Gasteiger charge is 2.36. The summed E-state index contributed by atoms with van der Waals surface area (Å²) in [6, 6.07) is 0. The average molecular weight is 333 g/mol. The van der Waals surface area contributed by atoms with Crippen LogP contribution >= 0.6 is 11.3 Å². The molecular formula is C11H19N5O3S2. The Kier molecular flexibility index (Phi) is 4.61. The van der Waals surface area contributed by atoms with Gasteiger partial charge in [0.05, 0.1) is 0 Å². The van der Waals surface area contributed by atoms with Gasteiger partial charge in [0, 0.05) is 25.6 Å². The van der Waals surface area contributed by atoms with E-state index < -0.39 is 10.0 Å². The largest absolute Gasteiger partial charge is 0.314 e. The standard InChI is InChI=1S/C11H19N5O3S2/c1-8(17)13-9-14-15-10(20-9)21(18,19)16-6-4-11(2,12-3)5-7-16/h12H,4-7H2,1-3H3,(H,13,14,17). The van der Waals surface area contributed by atoms with E-state index in [0.717, 1.165) is 24.2 Å². The normalized spacial score (nSPS) is 19.4. The molecule has 1 aromatic rings. The Morgan fingerprint density at radius 2 is 1.95 bits per heavy atom. The average Bonchev–Trinajstić information content (AvgIpc) is 2.87. The van der Waals surface area contributed by atoms with E-state index in [1.807, 2.05) is 7.05 Å². The maximum atomic E-state index is 12.5. The molecule has 1 aromatic heterocycles. The van der Waals surface area contributed by atoms with Gasteiger partial charge in [0.25, 0.3) is 10.0 Å². The van der Waals surface area contributed by atoms with Gasteiger partial charge in [-0.3, -0.25) is 4.79 Å². The van der Waals surface area contributed by atoms with E-state index in [2.05, 4.69) is 27.8 Å². The Bertz CT molecular complexity index is 620. The summed E-state index contributed by atoms with van der Waals surface area (Å²) in [5, 5.41) is 13.2. The molecule has 0 aliphatic carbocycles. The smallest absolute Gasteiger partial charge is 0.272 e. The molecule has 0 aromatic carbocycles. The van der Waals surface area contributed by atoms with Crippen molar-refractivity contribution < 1.29 is 13.2 Å². The third kappa shape index (κ3) is 3.57. The van der Waals surface area contributed by atoms with Crippen molar-refractivity contribution >= 4 is 32.4 Å². The minimum Gasteiger partial charge on any atom is -0.314 e. The molecule has 0 spiro atoms. The van der Waals surface area contributed by atoms with Crippen molar-refractivity contribution in [2.45, 2.75) is 36.6 Å². The number of aromatic nitrogens is 2. The van der Waals surface area contributed by atoms with Crippen molar-refractivity contribution in [3.05, 3.63) is 0 Å². The van der Waals surface area contributed by atoms with Gasteiger partial charge in [0.2, 0.25) is 15.4 Å². The van der Waals surface area contributed by atoms with Gasteiger partial charge in [-0.15, -0.1) is 10.2 Å². The monoisotopic (exact) mass is 333 g/mol. The number of sulfonamides is 1. The van der Waals surface area contributed by atoms with Crippen molar-refractivity contribution in [2.24, 2.45) is 0 Å². The van der Waals surface area contributed by atoms with Crippen LogP contribution < -0.4 is 10.6 Å². The predicted octanol–water partition coefficient (Wildman–Crippen LogP) is 0.259. The van der Waals surface area contributed by atoms with E-state index in [-0.39, 0.29) is 20.9 Å². The molecule has 0 atom stereocenters. The molecule has 10 heteroatoms. The van der Waals surface area contributed by atoms with Crippen LogP contribution in [0.25, 0.3) is 0 Å². The van der Waals surface area contributed by atoms with E-state index in [1.54, 1.807) is 0 Å².